The van der Waals surface area contributed by atoms with Crippen molar-refractivity contribution in [1.82, 2.24) is 0 Å². The molecule has 0 heterocycles. The third kappa shape index (κ3) is 2.56. The van der Waals surface area contributed by atoms with E-state index in [-0.39, 0.29) is 7.85 Å². The van der Waals surface area contributed by atoms with Crippen LogP contribution in [0.5, 0.6) is 0 Å². The van der Waals surface area contributed by atoms with Crippen LogP contribution in [-0.2, 0) is 4.79 Å². The normalized spacial score (nSPS) is 29.2. The molecule has 1 rings (SSSR count). The van der Waals surface area contributed by atoms with Gasteiger partial charge in [0.25, 0.3) is 0 Å². The highest BCUT2D eigenvalue weighted by molar-refractivity contribution is 14.1. The van der Waals surface area contributed by atoms with E-state index >= 15 is 0 Å². The number of allylic oxidation sites excluding steroid dienone is 3. The van der Waals surface area contributed by atoms with Crippen LogP contribution in [0.2, 0.25) is 0 Å². The molecule has 0 bridgehead atoms. The van der Waals surface area contributed by atoms with Crippen molar-refractivity contribution in [1.29, 1.82) is 0 Å². The van der Waals surface area contributed by atoms with Crippen molar-refractivity contribution in [2.75, 3.05) is 0 Å². The maximum atomic E-state index is 10.7. The monoisotopic (exact) mass is 502 g/mol. The van der Waals surface area contributed by atoms with Gasteiger partial charge in [0.2, 0.25) is 0 Å². The molecule has 1 aliphatic carbocycles. The van der Waals surface area contributed by atoms with Crippen molar-refractivity contribution in [3.05, 3.63) is 21.3 Å². The first-order chi connectivity index (χ1) is 5.52. The molecule has 66 valence electrons. The van der Waals surface area contributed by atoms with Crippen molar-refractivity contribution in [3.8, 4) is 0 Å². The summed E-state index contributed by atoms with van der Waals surface area (Å²) < 4.78 is 1.38. The SMILES string of the molecule is O=C(O)C1=CC(I)=CC(I)C1I. The molecule has 12 heavy (non-hydrogen) atoms. The quantitative estimate of drug-likeness (QED) is 0.443. The van der Waals surface area contributed by atoms with Crippen molar-refractivity contribution in [2.24, 2.45) is 0 Å². The molecule has 0 radical (unpaired) electrons. The van der Waals surface area contributed by atoms with E-state index in [1.54, 1.807) is 6.08 Å². The van der Waals surface area contributed by atoms with Gasteiger partial charge in [0.15, 0.2) is 0 Å². The molecule has 0 spiro atoms. The predicted molar refractivity (Wildman–Crippen MR) is 73.4 cm³/mol. The Balaban J connectivity index is 2.98. The summed E-state index contributed by atoms with van der Waals surface area (Å²) in [7, 11) is 0. The molecule has 1 aliphatic rings. The number of carbonyl (C=O) groups is 1. The Morgan fingerprint density at radius 2 is 2.08 bits per heavy atom. The average molecular weight is 502 g/mol. The van der Waals surface area contributed by atoms with Crippen LogP contribution in [0, 0.1) is 0 Å². The van der Waals surface area contributed by atoms with Gasteiger partial charge in [-0.2, -0.15) is 0 Å². The van der Waals surface area contributed by atoms with Gasteiger partial charge in [0.05, 0.1) is 9.50 Å². The van der Waals surface area contributed by atoms with Crippen LogP contribution in [0.25, 0.3) is 0 Å². The largest absolute Gasteiger partial charge is 0.478 e. The summed E-state index contributed by atoms with van der Waals surface area (Å²) in [6.45, 7) is 0. The number of carboxylic acids is 1. The Morgan fingerprint density at radius 1 is 1.50 bits per heavy atom. The Hall–Kier alpha value is 1.14. The molecule has 0 amide bonds. The molecule has 0 saturated carbocycles. The van der Waals surface area contributed by atoms with Crippen molar-refractivity contribution in [3.63, 3.8) is 0 Å². The van der Waals surface area contributed by atoms with Gasteiger partial charge in [-0.1, -0.05) is 51.3 Å². The molecule has 2 unspecified atom stereocenters. The first-order valence-corrected chi connectivity index (χ1v) is 6.69. The average Bonchev–Trinajstić information content (AvgIpc) is 1.96. The maximum absolute atomic E-state index is 10.7. The summed E-state index contributed by atoms with van der Waals surface area (Å²) in [5, 5.41) is 8.84. The van der Waals surface area contributed by atoms with Crippen LogP contribution in [0.4, 0.5) is 0 Å². The first-order valence-electron chi connectivity index (χ1n) is 3.12. The van der Waals surface area contributed by atoms with E-state index in [0.29, 0.717) is 5.57 Å². The second-order valence-corrected chi connectivity index (χ2v) is 6.33. The minimum atomic E-state index is -0.807. The molecular weight excluding hydrogens is 497 g/mol. The van der Waals surface area contributed by atoms with Crippen LogP contribution >= 0.6 is 67.8 Å². The van der Waals surface area contributed by atoms with E-state index in [1.807, 2.05) is 0 Å². The van der Waals surface area contributed by atoms with Gasteiger partial charge in [0.1, 0.15) is 0 Å². The smallest absolute Gasteiger partial charge is 0.332 e. The number of carboxylic acid groups (broad SMARTS) is 1. The van der Waals surface area contributed by atoms with Crippen LogP contribution in [0.1, 0.15) is 0 Å². The van der Waals surface area contributed by atoms with Crippen LogP contribution in [-0.4, -0.2) is 18.9 Å². The highest BCUT2D eigenvalue weighted by atomic mass is 127. The van der Waals surface area contributed by atoms with Crippen molar-refractivity contribution in [2.45, 2.75) is 7.85 Å². The topological polar surface area (TPSA) is 37.3 Å². The van der Waals surface area contributed by atoms with Gasteiger partial charge in [0, 0.05) is 7.50 Å². The molecule has 0 aromatic rings. The van der Waals surface area contributed by atoms with Gasteiger partial charge in [-0.3, -0.25) is 0 Å². The molecule has 1 N–H and O–H groups in total. The lowest BCUT2D eigenvalue weighted by Gasteiger charge is -2.18. The number of alkyl halides is 2. The van der Waals surface area contributed by atoms with Crippen LogP contribution in [0.3, 0.4) is 0 Å². The number of hydrogen-bond acceptors (Lipinski definition) is 1. The van der Waals surface area contributed by atoms with Crippen molar-refractivity contribution >= 4 is 73.7 Å². The van der Waals surface area contributed by atoms with Crippen LogP contribution < -0.4 is 0 Å². The zero-order valence-electron chi connectivity index (χ0n) is 5.80. The van der Waals surface area contributed by atoms with E-state index in [4.69, 9.17) is 5.11 Å². The minimum absolute atomic E-state index is 0.0826. The zero-order valence-corrected chi connectivity index (χ0v) is 12.3. The Labute approximate surface area is 111 Å². The second-order valence-electron chi connectivity index (χ2n) is 2.30. The van der Waals surface area contributed by atoms with E-state index in [2.05, 4.69) is 73.8 Å². The van der Waals surface area contributed by atoms with Gasteiger partial charge in [-0.15, -0.1) is 0 Å². The lowest BCUT2D eigenvalue weighted by atomic mass is 10.1. The third-order valence-electron chi connectivity index (χ3n) is 1.44. The lowest BCUT2D eigenvalue weighted by Crippen LogP contribution is -2.22. The third-order valence-corrected chi connectivity index (χ3v) is 6.01. The molecule has 2 atom stereocenters. The summed E-state index contributed by atoms with van der Waals surface area (Å²) in [4.78, 5) is 10.7. The van der Waals surface area contributed by atoms with E-state index in [9.17, 15) is 4.79 Å². The van der Waals surface area contributed by atoms with E-state index in [0.717, 1.165) is 3.58 Å². The molecule has 0 aliphatic heterocycles. The van der Waals surface area contributed by atoms with Crippen molar-refractivity contribution < 1.29 is 9.90 Å². The summed E-state index contributed by atoms with van der Waals surface area (Å²) in [6.07, 6.45) is 3.81. The predicted octanol–water partition coefficient (Wildman–Crippen LogP) is 2.94. The van der Waals surface area contributed by atoms with Crippen LogP contribution in [0.15, 0.2) is 21.3 Å². The van der Waals surface area contributed by atoms with E-state index < -0.39 is 5.97 Å². The van der Waals surface area contributed by atoms with Gasteiger partial charge >= 0.3 is 5.97 Å². The van der Waals surface area contributed by atoms with Gasteiger partial charge in [-0.25, -0.2) is 4.79 Å². The summed E-state index contributed by atoms with van der Waals surface area (Å²) in [6, 6.07) is 0. The Bertz CT molecular complexity index is 270. The molecule has 0 aromatic carbocycles. The first kappa shape index (κ1) is 11.2. The van der Waals surface area contributed by atoms with E-state index in [1.165, 1.54) is 0 Å². The number of aliphatic carboxylic acids is 1. The maximum Gasteiger partial charge on any atom is 0.332 e. The highest BCUT2D eigenvalue weighted by Crippen LogP contribution is 2.32. The fraction of sp³-hybridized carbons (Fsp3) is 0.286. The summed E-state index contributed by atoms with van der Waals surface area (Å²) in [5.74, 6) is -0.807. The Kier molecular flexibility index (Phi) is 4.28. The molecular formula is C7H5I3O2. The molecule has 5 heteroatoms. The standard InChI is InChI=1S/C7H5I3O2/c8-3-1-4(7(11)12)6(10)5(9)2-3/h1-2,5-6H,(H,11,12). The Morgan fingerprint density at radius 3 is 2.58 bits per heavy atom. The molecule has 0 fully saturated rings. The lowest BCUT2D eigenvalue weighted by molar-refractivity contribution is -0.132. The van der Waals surface area contributed by atoms with Gasteiger partial charge in [-0.05, 0) is 28.7 Å². The summed E-state index contributed by atoms with van der Waals surface area (Å²) in [5.41, 5.74) is 0.502. The highest BCUT2D eigenvalue weighted by Gasteiger charge is 2.26. The minimum Gasteiger partial charge on any atom is -0.478 e. The number of hydrogen-bond donors (Lipinski definition) is 1. The fourth-order valence-corrected chi connectivity index (χ4v) is 3.70. The molecule has 0 aromatic heterocycles. The summed E-state index contributed by atoms with van der Waals surface area (Å²) >= 11 is 6.56. The fourth-order valence-electron chi connectivity index (χ4n) is 0.864. The zero-order chi connectivity index (χ0) is 9.30. The van der Waals surface area contributed by atoms with Gasteiger partial charge < -0.3 is 5.11 Å². The number of rotatable bonds is 1. The second kappa shape index (κ2) is 4.58. The molecule has 0 saturated heterocycles. The number of halogens is 3. The molecule has 2 nitrogen and oxygen atoms in total.